The molecule has 3 unspecified atom stereocenters. The lowest BCUT2D eigenvalue weighted by atomic mass is 9.65. The van der Waals surface area contributed by atoms with Gasteiger partial charge in [-0.25, -0.2) is 0 Å². The van der Waals surface area contributed by atoms with E-state index >= 15 is 0 Å². The Hall–Kier alpha value is -0.610. The number of esters is 1. The van der Waals surface area contributed by atoms with Crippen molar-refractivity contribution in [1.82, 2.24) is 5.32 Å². The molecular formula is C10H17NO3. The first-order chi connectivity index (χ1) is 6.70. The molecule has 2 aliphatic rings. The van der Waals surface area contributed by atoms with Crippen LogP contribution in [0.25, 0.3) is 0 Å². The summed E-state index contributed by atoms with van der Waals surface area (Å²) in [5.74, 6) is -0.0431. The van der Waals surface area contributed by atoms with E-state index in [-0.39, 0.29) is 11.9 Å². The van der Waals surface area contributed by atoms with Gasteiger partial charge in [0.15, 0.2) is 0 Å². The minimum Gasteiger partial charge on any atom is -0.468 e. The Morgan fingerprint density at radius 2 is 2.43 bits per heavy atom. The molecule has 0 amide bonds. The van der Waals surface area contributed by atoms with Crippen LogP contribution in [0, 0.1) is 11.3 Å². The predicted molar refractivity (Wildman–Crippen MR) is 50.7 cm³/mol. The number of hydrogen-bond donors (Lipinski definition) is 2. The Morgan fingerprint density at radius 3 is 3.14 bits per heavy atom. The highest BCUT2D eigenvalue weighted by atomic mass is 16.5. The number of nitrogens with one attached hydrogen (secondary N) is 1. The maximum atomic E-state index is 11.7. The Balaban J connectivity index is 2.25. The second-order valence-electron chi connectivity index (χ2n) is 4.38. The summed E-state index contributed by atoms with van der Waals surface area (Å²) in [4.78, 5) is 11.7. The van der Waals surface area contributed by atoms with Crippen molar-refractivity contribution in [2.45, 2.75) is 25.4 Å². The van der Waals surface area contributed by atoms with Crippen molar-refractivity contribution < 1.29 is 14.6 Å². The Bertz CT molecular complexity index is 232. The molecule has 0 radical (unpaired) electrons. The number of carbonyl (C=O) groups excluding carboxylic acids is 1. The van der Waals surface area contributed by atoms with Gasteiger partial charge in [0.05, 0.1) is 13.2 Å². The van der Waals surface area contributed by atoms with E-state index < -0.39 is 11.5 Å². The fraction of sp³-hybridized carbons (Fsp3) is 0.900. The molecule has 80 valence electrons. The molecular weight excluding hydrogens is 182 g/mol. The van der Waals surface area contributed by atoms with Gasteiger partial charge in [0.2, 0.25) is 0 Å². The highest BCUT2D eigenvalue weighted by Crippen LogP contribution is 2.42. The van der Waals surface area contributed by atoms with Crippen LogP contribution in [0.2, 0.25) is 0 Å². The van der Waals surface area contributed by atoms with E-state index in [2.05, 4.69) is 5.32 Å². The summed E-state index contributed by atoms with van der Waals surface area (Å²) in [6.07, 6.45) is 2.24. The maximum absolute atomic E-state index is 11.7. The Kier molecular flexibility index (Phi) is 2.49. The van der Waals surface area contributed by atoms with E-state index in [1.807, 2.05) is 0 Å². The first-order valence-corrected chi connectivity index (χ1v) is 5.18. The standard InChI is InChI=1S/C10H17NO3/c1-14-9(13)10-4-2-3-7(8(10)12)5-11-6-10/h7-8,11-12H,2-6H2,1H3. The van der Waals surface area contributed by atoms with Crippen LogP contribution in [0.5, 0.6) is 0 Å². The van der Waals surface area contributed by atoms with Crippen LogP contribution in [-0.2, 0) is 9.53 Å². The summed E-state index contributed by atoms with van der Waals surface area (Å²) in [7, 11) is 1.39. The molecule has 0 spiro atoms. The van der Waals surface area contributed by atoms with E-state index in [1.165, 1.54) is 7.11 Å². The number of methoxy groups -OCH3 is 1. The van der Waals surface area contributed by atoms with E-state index in [0.717, 1.165) is 25.8 Å². The molecule has 0 aromatic carbocycles. The van der Waals surface area contributed by atoms with Crippen LogP contribution >= 0.6 is 0 Å². The number of piperidine rings is 1. The fourth-order valence-electron chi connectivity index (χ4n) is 2.82. The minimum atomic E-state index is -0.671. The van der Waals surface area contributed by atoms with Crippen molar-refractivity contribution in [2.75, 3.05) is 20.2 Å². The number of hydrogen-bond acceptors (Lipinski definition) is 4. The fourth-order valence-corrected chi connectivity index (χ4v) is 2.82. The van der Waals surface area contributed by atoms with Gasteiger partial charge in [-0.05, 0) is 18.8 Å². The number of ether oxygens (including phenoxy) is 1. The number of aliphatic hydroxyl groups excluding tert-OH is 1. The molecule has 4 heteroatoms. The summed E-state index contributed by atoms with van der Waals surface area (Å²) < 4.78 is 4.80. The minimum absolute atomic E-state index is 0.219. The molecule has 1 saturated carbocycles. The lowest BCUT2D eigenvalue weighted by Gasteiger charge is -2.47. The van der Waals surface area contributed by atoms with Gasteiger partial charge in [-0.15, -0.1) is 0 Å². The summed E-state index contributed by atoms with van der Waals surface area (Å²) in [5, 5.41) is 13.3. The van der Waals surface area contributed by atoms with Gasteiger partial charge in [0, 0.05) is 13.1 Å². The van der Waals surface area contributed by atoms with Gasteiger partial charge in [0.25, 0.3) is 0 Å². The molecule has 3 atom stereocenters. The third-order valence-corrected chi connectivity index (χ3v) is 3.65. The lowest BCUT2D eigenvalue weighted by Crippen LogP contribution is -2.61. The van der Waals surface area contributed by atoms with Crippen LogP contribution in [0.1, 0.15) is 19.3 Å². The van der Waals surface area contributed by atoms with Gasteiger partial charge in [-0.2, -0.15) is 0 Å². The number of carbonyl (C=O) groups is 1. The lowest BCUT2D eigenvalue weighted by molar-refractivity contribution is -0.171. The van der Waals surface area contributed by atoms with Crippen molar-refractivity contribution in [2.24, 2.45) is 11.3 Å². The second kappa shape index (κ2) is 3.51. The average Bonchev–Trinajstić information content (AvgIpc) is 2.17. The van der Waals surface area contributed by atoms with Crippen molar-refractivity contribution >= 4 is 5.97 Å². The zero-order chi connectivity index (χ0) is 10.2. The van der Waals surface area contributed by atoms with Crippen molar-refractivity contribution in [3.8, 4) is 0 Å². The molecule has 2 rings (SSSR count). The first kappa shape index (κ1) is 9.93. The zero-order valence-corrected chi connectivity index (χ0v) is 8.45. The van der Waals surface area contributed by atoms with Crippen molar-refractivity contribution in [1.29, 1.82) is 0 Å². The first-order valence-electron chi connectivity index (χ1n) is 5.18. The van der Waals surface area contributed by atoms with Gasteiger partial charge in [0.1, 0.15) is 5.41 Å². The number of fused-ring (bicyclic) bond motifs is 2. The van der Waals surface area contributed by atoms with Gasteiger partial charge < -0.3 is 15.2 Å². The predicted octanol–water partition coefficient (Wildman–Crippen LogP) is -0.0900. The second-order valence-corrected chi connectivity index (χ2v) is 4.38. The molecule has 2 fully saturated rings. The maximum Gasteiger partial charge on any atom is 0.315 e. The van der Waals surface area contributed by atoms with E-state index in [0.29, 0.717) is 6.54 Å². The van der Waals surface area contributed by atoms with Crippen LogP contribution in [0.4, 0.5) is 0 Å². The van der Waals surface area contributed by atoms with Crippen LogP contribution in [0.3, 0.4) is 0 Å². The highest BCUT2D eigenvalue weighted by molar-refractivity contribution is 5.78. The molecule has 1 heterocycles. The summed E-state index contributed by atoms with van der Waals surface area (Å²) >= 11 is 0. The number of aliphatic hydroxyl groups is 1. The smallest absolute Gasteiger partial charge is 0.315 e. The number of rotatable bonds is 1. The Labute approximate surface area is 83.6 Å². The van der Waals surface area contributed by atoms with E-state index in [9.17, 15) is 9.90 Å². The molecule has 1 saturated heterocycles. The van der Waals surface area contributed by atoms with Crippen LogP contribution in [0.15, 0.2) is 0 Å². The molecule has 2 N–H and O–H groups in total. The average molecular weight is 199 g/mol. The molecule has 14 heavy (non-hydrogen) atoms. The van der Waals surface area contributed by atoms with E-state index in [1.54, 1.807) is 0 Å². The van der Waals surface area contributed by atoms with Gasteiger partial charge >= 0.3 is 5.97 Å². The van der Waals surface area contributed by atoms with E-state index in [4.69, 9.17) is 4.74 Å². The molecule has 1 aliphatic carbocycles. The largest absolute Gasteiger partial charge is 0.468 e. The highest BCUT2D eigenvalue weighted by Gasteiger charge is 2.53. The normalized spacial score (nSPS) is 41.9. The third kappa shape index (κ3) is 1.25. The quantitative estimate of drug-likeness (QED) is 0.579. The van der Waals surface area contributed by atoms with Crippen molar-refractivity contribution in [3.63, 3.8) is 0 Å². The molecule has 1 aliphatic heterocycles. The Morgan fingerprint density at radius 1 is 1.64 bits per heavy atom. The molecule has 2 bridgehead atoms. The zero-order valence-electron chi connectivity index (χ0n) is 8.45. The van der Waals surface area contributed by atoms with Gasteiger partial charge in [-0.1, -0.05) is 6.42 Å². The summed E-state index contributed by atoms with van der Waals surface area (Å²) in [6, 6.07) is 0. The molecule has 0 aromatic heterocycles. The van der Waals surface area contributed by atoms with Gasteiger partial charge in [-0.3, -0.25) is 4.79 Å². The van der Waals surface area contributed by atoms with Crippen molar-refractivity contribution in [3.05, 3.63) is 0 Å². The molecule has 0 aromatic rings. The third-order valence-electron chi connectivity index (χ3n) is 3.65. The SMILES string of the molecule is COC(=O)C12CCCC(CNC1)C2O. The summed E-state index contributed by atoms with van der Waals surface area (Å²) in [5.41, 5.74) is -0.671. The summed E-state index contributed by atoms with van der Waals surface area (Å²) in [6.45, 7) is 1.37. The topological polar surface area (TPSA) is 58.6 Å². The van der Waals surface area contributed by atoms with Crippen LogP contribution in [-0.4, -0.2) is 37.4 Å². The monoisotopic (exact) mass is 199 g/mol. The van der Waals surface area contributed by atoms with Crippen LogP contribution < -0.4 is 5.32 Å². The molecule has 4 nitrogen and oxygen atoms in total.